The molecule has 4 rings (SSSR count). The molecule has 0 spiro atoms. The second kappa shape index (κ2) is 7.28. The van der Waals surface area contributed by atoms with Gasteiger partial charge in [-0.2, -0.15) is 5.10 Å². The first kappa shape index (κ1) is 17.9. The molecule has 0 saturated carbocycles. The van der Waals surface area contributed by atoms with E-state index in [9.17, 15) is 0 Å². The third-order valence-corrected chi connectivity index (χ3v) is 5.42. The van der Waals surface area contributed by atoms with Gasteiger partial charge in [0.2, 0.25) is 5.96 Å². The number of benzene rings is 2. The average Bonchev–Trinajstić information content (AvgIpc) is 3.22. The first-order chi connectivity index (χ1) is 13.5. The van der Waals surface area contributed by atoms with Gasteiger partial charge in [0.25, 0.3) is 0 Å². The second-order valence-corrected chi connectivity index (χ2v) is 7.71. The fourth-order valence-electron chi connectivity index (χ4n) is 3.02. The van der Waals surface area contributed by atoms with Gasteiger partial charge >= 0.3 is 0 Å². The molecule has 0 aliphatic carbocycles. The number of fused-ring (bicyclic) bond motifs is 2. The van der Waals surface area contributed by atoms with E-state index in [2.05, 4.69) is 34.5 Å². The first-order valence-corrected chi connectivity index (χ1v) is 9.52. The number of thiophene rings is 1. The highest BCUT2D eigenvalue weighted by Gasteiger charge is 2.09. The molecule has 0 amide bonds. The summed E-state index contributed by atoms with van der Waals surface area (Å²) in [5.41, 5.74) is 13.8. The molecule has 0 aliphatic rings. The van der Waals surface area contributed by atoms with Crippen molar-refractivity contribution in [3.8, 4) is 0 Å². The summed E-state index contributed by atoms with van der Waals surface area (Å²) in [4.78, 5) is 1.22. The lowest BCUT2D eigenvalue weighted by atomic mass is 10.1. The van der Waals surface area contributed by atoms with Gasteiger partial charge in [-0.3, -0.25) is 0 Å². The summed E-state index contributed by atoms with van der Waals surface area (Å²) >= 11 is 1.72. The second-order valence-electron chi connectivity index (χ2n) is 6.55. The van der Waals surface area contributed by atoms with Crippen LogP contribution in [0.15, 0.2) is 63.2 Å². The van der Waals surface area contributed by atoms with Crippen LogP contribution in [0.2, 0.25) is 0 Å². The van der Waals surface area contributed by atoms with Crippen LogP contribution in [0.3, 0.4) is 0 Å². The zero-order valence-corrected chi connectivity index (χ0v) is 16.1. The van der Waals surface area contributed by atoms with Crippen LogP contribution in [0.5, 0.6) is 0 Å². The number of furan rings is 1. The van der Waals surface area contributed by atoms with Crippen molar-refractivity contribution in [3.63, 3.8) is 0 Å². The largest absolute Gasteiger partial charge is 0.461 e. The van der Waals surface area contributed by atoms with Crippen LogP contribution in [0, 0.1) is 5.41 Å². The Kier molecular flexibility index (Phi) is 4.67. The van der Waals surface area contributed by atoms with Crippen molar-refractivity contribution in [1.29, 1.82) is 5.41 Å². The number of rotatable bonds is 5. The molecule has 7 heteroatoms. The van der Waals surface area contributed by atoms with Crippen molar-refractivity contribution in [2.24, 2.45) is 21.7 Å². The maximum absolute atomic E-state index is 7.78. The van der Waals surface area contributed by atoms with Gasteiger partial charge in [0.1, 0.15) is 11.3 Å². The standard InChI is InChI=1S/C21H19N5OS/c1-12(22)14-4-5-19-16(7-14)8-17(27-19)10-18-9-15-3-2-13(6-20(15)28-18)11-25-26-21(23)24/h2-9,11,22H,10H2,1H3,(H4,23,24,26)/b22-12?,25-11+. The molecular formula is C21H19N5OS. The topological polar surface area (TPSA) is 114 Å². The molecule has 0 radical (unpaired) electrons. The smallest absolute Gasteiger partial charge is 0.211 e. The maximum atomic E-state index is 7.78. The molecule has 6 nitrogen and oxygen atoms in total. The molecule has 0 atom stereocenters. The fourth-order valence-corrected chi connectivity index (χ4v) is 4.15. The van der Waals surface area contributed by atoms with Crippen molar-refractivity contribution < 1.29 is 4.42 Å². The summed E-state index contributed by atoms with van der Waals surface area (Å²) in [7, 11) is 0. The minimum absolute atomic E-state index is 0.0653. The fraction of sp³-hybridized carbons (Fsp3) is 0.0952. The van der Waals surface area contributed by atoms with Gasteiger partial charge in [0, 0.05) is 27.1 Å². The zero-order valence-electron chi connectivity index (χ0n) is 15.3. The molecule has 0 fully saturated rings. The Balaban J connectivity index is 1.59. The van der Waals surface area contributed by atoms with E-state index < -0.39 is 0 Å². The van der Waals surface area contributed by atoms with Crippen molar-refractivity contribution in [2.75, 3.05) is 0 Å². The van der Waals surface area contributed by atoms with Gasteiger partial charge in [0.15, 0.2) is 0 Å². The van der Waals surface area contributed by atoms with Crippen LogP contribution in [0.1, 0.15) is 28.7 Å². The Morgan fingerprint density at radius 3 is 2.75 bits per heavy atom. The molecule has 2 heterocycles. The number of hydrogen-bond donors (Lipinski definition) is 3. The van der Waals surface area contributed by atoms with E-state index in [0.717, 1.165) is 34.3 Å². The number of hydrogen-bond acceptors (Lipinski definition) is 5. The maximum Gasteiger partial charge on any atom is 0.211 e. The van der Waals surface area contributed by atoms with Crippen molar-refractivity contribution in [3.05, 3.63) is 70.3 Å². The van der Waals surface area contributed by atoms with Crippen LogP contribution in [-0.2, 0) is 6.42 Å². The molecular weight excluding hydrogens is 370 g/mol. The molecule has 0 aliphatic heterocycles. The third-order valence-electron chi connectivity index (χ3n) is 4.32. The average molecular weight is 389 g/mol. The van der Waals surface area contributed by atoms with Crippen molar-refractivity contribution in [2.45, 2.75) is 13.3 Å². The van der Waals surface area contributed by atoms with Crippen LogP contribution >= 0.6 is 11.3 Å². The molecule has 0 unspecified atom stereocenters. The Labute approximate surface area is 165 Å². The monoisotopic (exact) mass is 389 g/mol. The summed E-state index contributed by atoms with van der Waals surface area (Å²) in [5, 5.41) is 17.5. The molecule has 0 saturated heterocycles. The normalized spacial score (nSPS) is 11.5. The Hall–Kier alpha value is -3.45. The van der Waals surface area contributed by atoms with E-state index in [4.69, 9.17) is 21.3 Å². The number of nitrogens with one attached hydrogen (secondary N) is 1. The summed E-state index contributed by atoms with van der Waals surface area (Å²) in [6.45, 7) is 1.79. The predicted molar refractivity (Wildman–Crippen MR) is 117 cm³/mol. The highest BCUT2D eigenvalue weighted by atomic mass is 32.1. The van der Waals surface area contributed by atoms with Crippen LogP contribution in [0.25, 0.3) is 21.1 Å². The van der Waals surface area contributed by atoms with E-state index in [1.54, 1.807) is 24.5 Å². The number of nitrogens with zero attached hydrogens (tertiary/aromatic N) is 2. The van der Waals surface area contributed by atoms with E-state index in [-0.39, 0.29) is 5.96 Å². The van der Waals surface area contributed by atoms with E-state index in [0.29, 0.717) is 5.71 Å². The SMILES string of the molecule is CC(=N)c1ccc2oc(Cc3cc4ccc(/C=N/N=C(N)N)cc4s3)cc2c1. The lowest BCUT2D eigenvalue weighted by Gasteiger charge is -1.96. The quantitative estimate of drug-likeness (QED) is 0.269. The highest BCUT2D eigenvalue weighted by molar-refractivity contribution is 7.19. The molecule has 2 aromatic heterocycles. The lowest BCUT2D eigenvalue weighted by Crippen LogP contribution is -2.21. The van der Waals surface area contributed by atoms with Crippen LogP contribution < -0.4 is 11.5 Å². The van der Waals surface area contributed by atoms with Gasteiger partial charge in [-0.05, 0) is 59.8 Å². The molecule has 2 aromatic carbocycles. The van der Waals surface area contributed by atoms with Crippen molar-refractivity contribution in [1.82, 2.24) is 0 Å². The molecule has 4 aromatic rings. The van der Waals surface area contributed by atoms with E-state index in [1.807, 2.05) is 24.3 Å². The minimum Gasteiger partial charge on any atom is -0.461 e. The summed E-state index contributed by atoms with van der Waals surface area (Å²) in [6.07, 6.45) is 2.35. The molecule has 140 valence electrons. The highest BCUT2D eigenvalue weighted by Crippen LogP contribution is 2.30. The van der Waals surface area contributed by atoms with Crippen molar-refractivity contribution >= 4 is 50.3 Å². The number of guanidine groups is 1. The number of nitrogens with two attached hydrogens (primary N) is 2. The van der Waals surface area contributed by atoms with E-state index >= 15 is 0 Å². The predicted octanol–water partition coefficient (Wildman–Crippen LogP) is 4.23. The van der Waals surface area contributed by atoms with Gasteiger partial charge in [-0.15, -0.1) is 16.4 Å². The molecule has 5 N–H and O–H groups in total. The van der Waals surface area contributed by atoms with E-state index in [1.165, 1.54) is 15.0 Å². The summed E-state index contributed by atoms with van der Waals surface area (Å²) < 4.78 is 7.15. The van der Waals surface area contributed by atoms with Crippen LogP contribution in [-0.4, -0.2) is 17.9 Å². The van der Waals surface area contributed by atoms with Gasteiger partial charge < -0.3 is 21.3 Å². The van der Waals surface area contributed by atoms with Gasteiger partial charge in [-0.1, -0.05) is 12.1 Å². The zero-order chi connectivity index (χ0) is 19.7. The Morgan fingerprint density at radius 1 is 1.11 bits per heavy atom. The van der Waals surface area contributed by atoms with Crippen LogP contribution in [0.4, 0.5) is 0 Å². The summed E-state index contributed by atoms with van der Waals surface area (Å²) in [5.74, 6) is 0.848. The van der Waals surface area contributed by atoms with Gasteiger partial charge in [0.05, 0.1) is 6.21 Å². The third kappa shape index (κ3) is 3.79. The Bertz CT molecular complexity index is 1240. The minimum atomic E-state index is -0.0653. The first-order valence-electron chi connectivity index (χ1n) is 8.70. The van der Waals surface area contributed by atoms with Gasteiger partial charge in [-0.25, -0.2) is 0 Å². The summed E-state index contributed by atoms with van der Waals surface area (Å²) in [6, 6.07) is 16.2. The Morgan fingerprint density at radius 2 is 1.96 bits per heavy atom. The molecule has 0 bridgehead atoms. The lowest BCUT2D eigenvalue weighted by molar-refractivity contribution is 0.564. The molecule has 28 heavy (non-hydrogen) atoms.